The van der Waals surface area contributed by atoms with Crippen LogP contribution in [0.4, 0.5) is 0 Å². The van der Waals surface area contributed by atoms with E-state index in [9.17, 15) is 14.7 Å². The number of amides is 1. The minimum Gasteiger partial charge on any atom is -0.481 e. The van der Waals surface area contributed by atoms with E-state index < -0.39 is 17.5 Å². The zero-order valence-electron chi connectivity index (χ0n) is 15.7. The summed E-state index contributed by atoms with van der Waals surface area (Å²) in [4.78, 5) is 26.1. The number of hydrogen-bond acceptors (Lipinski definition) is 4. The smallest absolute Gasteiger partial charge is 0.309 e. The highest BCUT2D eigenvalue weighted by Crippen LogP contribution is 2.34. The van der Waals surface area contributed by atoms with Crippen LogP contribution in [0.3, 0.4) is 0 Å². The normalized spacial score (nSPS) is 24.0. The molecule has 3 rings (SSSR count). The van der Waals surface area contributed by atoms with E-state index in [2.05, 4.69) is 0 Å². The number of ether oxygens (including phenoxy) is 2. The van der Waals surface area contributed by atoms with Gasteiger partial charge in [0.25, 0.3) is 5.91 Å². The van der Waals surface area contributed by atoms with Crippen molar-refractivity contribution in [2.75, 3.05) is 19.7 Å². The van der Waals surface area contributed by atoms with Gasteiger partial charge in [-0.05, 0) is 63.3 Å². The molecule has 2 saturated heterocycles. The number of carboxylic acids is 1. The minimum absolute atomic E-state index is 0.0713. The predicted octanol–water partition coefficient (Wildman–Crippen LogP) is 3.23. The molecule has 0 aromatic heterocycles. The first-order valence-corrected chi connectivity index (χ1v) is 9.74. The summed E-state index contributed by atoms with van der Waals surface area (Å²) in [5, 5.41) is 9.96. The van der Waals surface area contributed by atoms with Gasteiger partial charge in [-0.2, -0.15) is 0 Å². The Kier molecular flexibility index (Phi) is 5.96. The van der Waals surface area contributed by atoms with Crippen LogP contribution in [0.5, 0.6) is 5.75 Å². The Morgan fingerprint density at radius 1 is 1.19 bits per heavy atom. The molecule has 1 aromatic rings. The van der Waals surface area contributed by atoms with Crippen molar-refractivity contribution < 1.29 is 24.2 Å². The topological polar surface area (TPSA) is 76.1 Å². The van der Waals surface area contributed by atoms with Gasteiger partial charge < -0.3 is 19.5 Å². The van der Waals surface area contributed by atoms with Crippen LogP contribution in [0.15, 0.2) is 24.3 Å². The van der Waals surface area contributed by atoms with E-state index in [0.717, 1.165) is 12.8 Å². The lowest BCUT2D eigenvalue weighted by Crippen LogP contribution is -2.52. The van der Waals surface area contributed by atoms with Crippen molar-refractivity contribution in [3.05, 3.63) is 29.3 Å². The Morgan fingerprint density at radius 2 is 1.81 bits per heavy atom. The molecule has 2 fully saturated rings. The minimum atomic E-state index is -0.992. The number of halogens is 1. The highest BCUT2D eigenvalue weighted by Gasteiger charge is 2.42. The van der Waals surface area contributed by atoms with Crippen LogP contribution in [0.25, 0.3) is 0 Å². The van der Waals surface area contributed by atoms with E-state index in [1.54, 1.807) is 43.0 Å². The lowest BCUT2D eigenvalue weighted by Gasteiger charge is -2.38. The van der Waals surface area contributed by atoms with Crippen molar-refractivity contribution >= 4 is 23.5 Å². The molecule has 2 aliphatic rings. The first kappa shape index (κ1) is 20.0. The molecule has 6 nitrogen and oxygen atoms in total. The van der Waals surface area contributed by atoms with E-state index in [1.165, 1.54) is 0 Å². The molecule has 1 N–H and O–H groups in total. The highest BCUT2D eigenvalue weighted by molar-refractivity contribution is 6.30. The second-order valence-corrected chi connectivity index (χ2v) is 8.20. The summed E-state index contributed by atoms with van der Waals surface area (Å²) in [6, 6.07) is 6.94. The lowest BCUT2D eigenvalue weighted by atomic mass is 9.84. The second-order valence-electron chi connectivity index (χ2n) is 7.76. The molecule has 0 aliphatic carbocycles. The molecule has 1 aromatic carbocycles. The van der Waals surface area contributed by atoms with Crippen LogP contribution in [-0.2, 0) is 14.3 Å². The maximum Gasteiger partial charge on any atom is 0.309 e. The highest BCUT2D eigenvalue weighted by atomic mass is 35.5. The van der Waals surface area contributed by atoms with Crippen LogP contribution in [0.1, 0.15) is 33.1 Å². The molecular weight excluding hydrogens is 370 g/mol. The molecule has 2 heterocycles. The largest absolute Gasteiger partial charge is 0.481 e. The number of carbonyl (C=O) groups excluding carboxylic acids is 1. The zero-order valence-corrected chi connectivity index (χ0v) is 16.4. The first-order chi connectivity index (χ1) is 12.8. The summed E-state index contributed by atoms with van der Waals surface area (Å²) in [6.07, 6.45) is 1.83. The fourth-order valence-electron chi connectivity index (χ4n) is 3.99. The maximum absolute atomic E-state index is 12.9. The lowest BCUT2D eigenvalue weighted by molar-refractivity contribution is -0.150. The average Bonchev–Trinajstić information content (AvgIpc) is 3.13. The molecule has 1 amide bonds. The van der Waals surface area contributed by atoms with Gasteiger partial charge in [0.15, 0.2) is 5.60 Å². The van der Waals surface area contributed by atoms with E-state index in [-0.39, 0.29) is 17.9 Å². The number of piperidine rings is 1. The van der Waals surface area contributed by atoms with E-state index in [4.69, 9.17) is 21.1 Å². The molecule has 0 saturated carbocycles. The molecule has 148 valence electrons. The number of carboxylic acid groups (broad SMARTS) is 1. The van der Waals surface area contributed by atoms with Gasteiger partial charge in [-0.25, -0.2) is 0 Å². The number of carbonyl (C=O) groups is 2. The van der Waals surface area contributed by atoms with Gasteiger partial charge in [-0.15, -0.1) is 0 Å². The van der Waals surface area contributed by atoms with Gasteiger partial charge in [0.05, 0.1) is 12.0 Å². The van der Waals surface area contributed by atoms with Gasteiger partial charge >= 0.3 is 5.97 Å². The molecule has 0 spiro atoms. The van der Waals surface area contributed by atoms with Crippen LogP contribution in [-0.4, -0.2) is 53.3 Å². The SMILES string of the molecule is CC(C)(Oc1ccc(Cl)cc1)C(=O)N1CCC([C@@H]2OCCC2C(=O)O)CC1. The van der Waals surface area contributed by atoms with E-state index in [0.29, 0.717) is 36.9 Å². The van der Waals surface area contributed by atoms with Gasteiger partial charge in [0, 0.05) is 24.7 Å². The van der Waals surface area contributed by atoms with Crippen molar-refractivity contribution in [2.45, 2.75) is 44.8 Å². The summed E-state index contributed by atoms with van der Waals surface area (Å²) in [5.41, 5.74) is -0.992. The van der Waals surface area contributed by atoms with Crippen LogP contribution in [0.2, 0.25) is 5.02 Å². The second kappa shape index (κ2) is 8.07. The Morgan fingerprint density at radius 3 is 2.41 bits per heavy atom. The quantitative estimate of drug-likeness (QED) is 0.828. The van der Waals surface area contributed by atoms with Crippen molar-refractivity contribution in [2.24, 2.45) is 11.8 Å². The van der Waals surface area contributed by atoms with Gasteiger partial charge in [0.1, 0.15) is 5.75 Å². The van der Waals surface area contributed by atoms with Crippen LogP contribution >= 0.6 is 11.6 Å². The number of likely N-dealkylation sites (tertiary alicyclic amines) is 1. The molecule has 7 heteroatoms. The third-order valence-electron chi connectivity index (χ3n) is 5.45. The number of hydrogen-bond donors (Lipinski definition) is 1. The van der Waals surface area contributed by atoms with E-state index in [1.807, 2.05) is 0 Å². The molecule has 0 radical (unpaired) electrons. The maximum atomic E-state index is 12.9. The summed E-state index contributed by atoms with van der Waals surface area (Å²) in [6.45, 7) is 5.20. The summed E-state index contributed by atoms with van der Waals surface area (Å²) >= 11 is 5.89. The van der Waals surface area contributed by atoms with Crippen molar-refractivity contribution in [1.82, 2.24) is 4.90 Å². The van der Waals surface area contributed by atoms with E-state index >= 15 is 0 Å². The van der Waals surface area contributed by atoms with Crippen molar-refractivity contribution in [3.8, 4) is 5.75 Å². The molecule has 2 aliphatic heterocycles. The third kappa shape index (κ3) is 4.55. The Labute approximate surface area is 164 Å². The molecule has 2 atom stereocenters. The third-order valence-corrected chi connectivity index (χ3v) is 5.70. The fraction of sp³-hybridized carbons (Fsp3) is 0.600. The van der Waals surface area contributed by atoms with Crippen LogP contribution in [0, 0.1) is 11.8 Å². The standard InChI is InChI=1S/C20H26ClNO5/c1-20(2,27-15-5-3-14(21)4-6-15)19(25)22-10-7-13(8-11-22)17-16(18(23)24)9-12-26-17/h3-6,13,16-17H,7-12H2,1-2H3,(H,23,24)/t16?,17-/m0/s1. The first-order valence-electron chi connectivity index (χ1n) is 9.36. The number of aliphatic carboxylic acids is 1. The Hall–Kier alpha value is -1.79. The average molecular weight is 396 g/mol. The molecule has 1 unspecified atom stereocenters. The summed E-state index contributed by atoms with van der Waals surface area (Å²) in [7, 11) is 0. The van der Waals surface area contributed by atoms with Crippen molar-refractivity contribution in [3.63, 3.8) is 0 Å². The Balaban J connectivity index is 1.57. The number of nitrogens with zero attached hydrogens (tertiary/aromatic N) is 1. The monoisotopic (exact) mass is 395 g/mol. The van der Waals surface area contributed by atoms with Gasteiger partial charge in [-0.3, -0.25) is 9.59 Å². The zero-order chi connectivity index (χ0) is 19.6. The number of benzene rings is 1. The molecule has 27 heavy (non-hydrogen) atoms. The Bertz CT molecular complexity index is 682. The number of rotatable bonds is 5. The summed E-state index contributed by atoms with van der Waals surface area (Å²) < 4.78 is 11.6. The summed E-state index contributed by atoms with van der Waals surface area (Å²) in [5.74, 6) is -0.511. The van der Waals surface area contributed by atoms with Crippen LogP contribution < -0.4 is 4.74 Å². The molecular formula is C20H26ClNO5. The van der Waals surface area contributed by atoms with Crippen molar-refractivity contribution in [1.29, 1.82) is 0 Å². The molecule has 0 bridgehead atoms. The van der Waals surface area contributed by atoms with Gasteiger partial charge in [0.2, 0.25) is 0 Å². The fourth-order valence-corrected chi connectivity index (χ4v) is 4.12. The van der Waals surface area contributed by atoms with Gasteiger partial charge in [-0.1, -0.05) is 11.6 Å². The predicted molar refractivity (Wildman–Crippen MR) is 101 cm³/mol.